The number of hydrogen-bond acceptors (Lipinski definition) is 29. The summed E-state index contributed by atoms with van der Waals surface area (Å²) in [7, 11) is 0. The van der Waals surface area contributed by atoms with Crippen LogP contribution in [0.3, 0.4) is 0 Å². The third-order valence-electron chi connectivity index (χ3n) is 0.728. The maximum atomic E-state index is 7.52. The molecule has 0 rings (SSSR count). The van der Waals surface area contributed by atoms with Crippen LogP contribution in [0, 0.1) is 0 Å². The van der Waals surface area contributed by atoms with E-state index in [0.29, 0.717) is 0 Å². The predicted molar refractivity (Wildman–Crippen MR) is 34.6 cm³/mol. The van der Waals surface area contributed by atoms with Gasteiger partial charge in [-0.2, -0.15) is 0 Å². The summed E-state index contributed by atoms with van der Waals surface area (Å²) in [5.41, 5.74) is 0. The highest BCUT2D eigenvalue weighted by atomic mass is 18.0. The van der Waals surface area contributed by atoms with Crippen molar-refractivity contribution in [1.29, 1.82) is 0 Å². The van der Waals surface area contributed by atoms with Gasteiger partial charge in [0, 0.05) is 55.4 Å². The van der Waals surface area contributed by atoms with Gasteiger partial charge < -0.3 is 0 Å². The van der Waals surface area contributed by atoms with E-state index in [2.05, 4.69) is 136 Å². The Hall–Kier alpha value is -1.16. The van der Waals surface area contributed by atoms with Crippen molar-refractivity contribution in [2.45, 2.75) is 0 Å². The first-order valence-corrected chi connectivity index (χ1v) is 4.70. The summed E-state index contributed by atoms with van der Waals surface area (Å²) in [5, 5.41) is 106. The highest BCUT2D eigenvalue weighted by Gasteiger charge is 2.01. The molecular weight excluding hydrogens is 464 g/mol. The van der Waals surface area contributed by atoms with E-state index in [1.807, 2.05) is 0 Å². The van der Waals surface area contributed by atoms with Gasteiger partial charge in [0.2, 0.25) is 0 Å². The minimum Gasteiger partial charge on any atom is -0.219 e. The van der Waals surface area contributed by atoms with Gasteiger partial charge in [0.05, 0.1) is 0 Å². The van der Waals surface area contributed by atoms with Gasteiger partial charge in [-0.25, -0.2) is 10.5 Å². The Morgan fingerprint density at radius 3 is 0.379 bits per heavy atom. The standard InChI is InChI=1S/H2O29/c1-3-5-7-9-11-13-15-17-19-21-23-25-27-29-28-26-24-22-20-18-16-14-12-10-8-6-4-2/h1-2H. The fourth-order valence-corrected chi connectivity index (χ4v) is 0.286. The van der Waals surface area contributed by atoms with Gasteiger partial charge in [-0.3, -0.25) is 0 Å². The summed E-state index contributed by atoms with van der Waals surface area (Å²) in [6, 6.07) is 0. The van der Waals surface area contributed by atoms with E-state index < -0.39 is 0 Å². The molecule has 0 aromatic heterocycles. The maximum Gasteiger partial charge on any atom is 0 e. The molecule has 29 nitrogen and oxygen atoms in total. The van der Waals surface area contributed by atoms with Crippen LogP contribution in [0.2, 0.25) is 0 Å². The first-order valence-electron chi connectivity index (χ1n) is 4.70. The van der Waals surface area contributed by atoms with Gasteiger partial charge in [0.15, 0.2) is 0 Å². The molecule has 0 heterocycles. The molecule has 0 radical (unpaired) electrons. The lowest BCUT2D eigenvalue weighted by Gasteiger charge is -1.99. The highest BCUT2D eigenvalue weighted by Crippen LogP contribution is 1.94. The van der Waals surface area contributed by atoms with Crippen molar-refractivity contribution >= 4 is 0 Å². The van der Waals surface area contributed by atoms with Crippen LogP contribution in [0.25, 0.3) is 0 Å². The van der Waals surface area contributed by atoms with Crippen LogP contribution in [-0.4, -0.2) is 10.5 Å². The van der Waals surface area contributed by atoms with Gasteiger partial charge in [-0.15, -0.1) is 0 Å². The molecule has 0 atom stereocenters. The van der Waals surface area contributed by atoms with Crippen molar-refractivity contribution < 1.29 is 147 Å². The van der Waals surface area contributed by atoms with Crippen LogP contribution in [-0.2, 0) is 136 Å². The van der Waals surface area contributed by atoms with Crippen LogP contribution >= 0.6 is 0 Å². The molecule has 29 heavy (non-hydrogen) atoms. The molecular formula is H2O29. The smallest absolute Gasteiger partial charge is 0 e. The van der Waals surface area contributed by atoms with Gasteiger partial charge in [0.1, 0.15) is 0 Å². The van der Waals surface area contributed by atoms with Crippen LogP contribution in [0.5, 0.6) is 0 Å². The minimum atomic E-state index is 2.87. The van der Waals surface area contributed by atoms with E-state index in [0.717, 1.165) is 0 Å². The molecule has 0 aliphatic carbocycles. The van der Waals surface area contributed by atoms with E-state index in [1.54, 1.807) is 0 Å². The summed E-state index contributed by atoms with van der Waals surface area (Å²) in [4.78, 5) is 0. The number of hydrogen-bond donors (Lipinski definition) is 2. The van der Waals surface area contributed by atoms with Crippen molar-refractivity contribution in [2.24, 2.45) is 0 Å². The van der Waals surface area contributed by atoms with Crippen molar-refractivity contribution in [1.82, 2.24) is 0 Å². The van der Waals surface area contributed by atoms with Crippen LogP contribution < -0.4 is 0 Å². The maximum absolute atomic E-state index is 7.52. The van der Waals surface area contributed by atoms with E-state index in [9.17, 15) is 0 Å². The Kier molecular flexibility index (Phi) is 25.8. The fourth-order valence-electron chi connectivity index (χ4n) is 0.286. The third kappa shape index (κ3) is 26.8. The normalized spacial score (nSPS) is 11.4. The third-order valence-corrected chi connectivity index (χ3v) is 0.728. The first-order chi connectivity index (χ1) is 14.4. The molecule has 0 spiro atoms. The molecule has 0 aromatic carbocycles. The van der Waals surface area contributed by atoms with Crippen molar-refractivity contribution in [3.8, 4) is 0 Å². The molecule has 0 saturated heterocycles. The zero-order chi connectivity index (χ0) is 21.1. The average molecular weight is 466 g/mol. The van der Waals surface area contributed by atoms with Crippen molar-refractivity contribution in [3.05, 3.63) is 0 Å². The Morgan fingerprint density at radius 2 is 0.276 bits per heavy atom. The minimum absolute atomic E-state index is 2.87. The molecule has 0 aromatic rings. The van der Waals surface area contributed by atoms with Gasteiger partial charge in [0.25, 0.3) is 0 Å². The molecule has 0 unspecified atom stereocenters. The molecule has 0 amide bonds. The van der Waals surface area contributed by atoms with Crippen LogP contribution in [0.15, 0.2) is 0 Å². The van der Waals surface area contributed by atoms with Crippen molar-refractivity contribution in [3.63, 3.8) is 0 Å². The Balaban J connectivity index is 2.97. The van der Waals surface area contributed by atoms with E-state index in [1.165, 1.54) is 0 Å². The quantitative estimate of drug-likeness (QED) is 0.0804. The molecule has 2 N–H and O–H groups in total. The first kappa shape index (κ1) is 27.8. The molecule has 176 valence electrons. The lowest BCUT2D eigenvalue weighted by molar-refractivity contribution is -0.904. The summed E-state index contributed by atoms with van der Waals surface area (Å²) >= 11 is 0. The molecule has 0 saturated carbocycles. The van der Waals surface area contributed by atoms with E-state index >= 15 is 0 Å². The Labute approximate surface area is 148 Å². The number of rotatable bonds is 26. The largest absolute Gasteiger partial charge is 0.219 e. The molecule has 29 heteroatoms. The van der Waals surface area contributed by atoms with Gasteiger partial charge in [-0.1, -0.05) is 0 Å². The van der Waals surface area contributed by atoms with E-state index in [-0.39, 0.29) is 0 Å². The fraction of sp³-hybridized carbons (Fsp3) is 0. The van der Waals surface area contributed by atoms with Crippen molar-refractivity contribution in [2.75, 3.05) is 0 Å². The van der Waals surface area contributed by atoms with Crippen LogP contribution in [0.1, 0.15) is 0 Å². The predicted octanol–water partition coefficient (Wildman–Crippen LogP) is -1.83. The zero-order valence-electron chi connectivity index (χ0n) is 11.9. The lowest BCUT2D eigenvalue weighted by Crippen LogP contribution is -2.06. The second kappa shape index (κ2) is 26.8. The summed E-state index contributed by atoms with van der Waals surface area (Å²) in [6.45, 7) is 0. The molecule has 0 aliphatic heterocycles. The molecule has 0 aliphatic rings. The monoisotopic (exact) mass is 466 g/mol. The molecule has 0 fully saturated rings. The topological polar surface area (TPSA) is 290 Å². The van der Waals surface area contributed by atoms with Gasteiger partial charge >= 0.3 is 0 Å². The Bertz CT molecular complexity index is 231. The van der Waals surface area contributed by atoms with E-state index in [4.69, 9.17) is 10.5 Å². The average Bonchev–Trinajstić information content (AvgIpc) is 2.74. The second-order valence-electron chi connectivity index (χ2n) is 1.85. The van der Waals surface area contributed by atoms with Gasteiger partial charge in [-0.05, 0) is 80.6 Å². The summed E-state index contributed by atoms with van der Waals surface area (Å²) < 4.78 is 0. The SMILES string of the molecule is OOOOOOOOOOOOOOOOOOOOOOOOOOOOO. The lowest BCUT2D eigenvalue weighted by atomic mass is 14.0. The van der Waals surface area contributed by atoms with Crippen LogP contribution in [0.4, 0.5) is 0 Å². The highest BCUT2D eigenvalue weighted by molar-refractivity contribution is 3.10. The summed E-state index contributed by atoms with van der Waals surface area (Å²) in [6.07, 6.45) is 0. The summed E-state index contributed by atoms with van der Waals surface area (Å²) in [5.74, 6) is 0. The molecule has 0 bridgehead atoms. The zero-order valence-corrected chi connectivity index (χ0v) is 11.9. The second-order valence-corrected chi connectivity index (χ2v) is 1.85. The Morgan fingerprint density at radius 1 is 0.172 bits per heavy atom.